The third-order valence-electron chi connectivity index (χ3n) is 3.57. The van der Waals surface area contributed by atoms with Crippen molar-refractivity contribution in [3.05, 3.63) is 64.7 Å². The Morgan fingerprint density at radius 2 is 2.00 bits per heavy atom. The smallest absolute Gasteiger partial charge is 0.335 e. The molecule has 2 aromatic carbocycles. The number of benzene rings is 2. The van der Waals surface area contributed by atoms with E-state index in [4.69, 9.17) is 15.6 Å². The lowest BCUT2D eigenvalue weighted by atomic mass is 9.96. The van der Waals surface area contributed by atoms with Crippen LogP contribution in [-0.4, -0.2) is 17.7 Å². The van der Waals surface area contributed by atoms with Gasteiger partial charge in [-0.3, -0.25) is 0 Å². The van der Waals surface area contributed by atoms with Gasteiger partial charge in [0.2, 0.25) is 0 Å². The Hall–Kier alpha value is -2.33. The SMILES string of the molecule is NC(c1cccc(C(=O)O)c1)c1ccc2c(c1)CCO2. The van der Waals surface area contributed by atoms with Crippen LogP contribution in [0.15, 0.2) is 42.5 Å². The van der Waals surface area contributed by atoms with E-state index in [0.717, 1.165) is 28.9 Å². The van der Waals surface area contributed by atoms with Crippen molar-refractivity contribution in [3.63, 3.8) is 0 Å². The summed E-state index contributed by atoms with van der Waals surface area (Å²) in [4.78, 5) is 11.0. The standard InChI is InChI=1S/C16H15NO3/c17-15(11-2-1-3-13(9-11)16(18)19)12-4-5-14-10(8-12)6-7-20-14/h1-5,8-9,15H,6-7,17H2,(H,18,19). The fraction of sp³-hybridized carbons (Fsp3) is 0.188. The molecule has 20 heavy (non-hydrogen) atoms. The first-order valence-electron chi connectivity index (χ1n) is 6.49. The van der Waals surface area contributed by atoms with Crippen LogP contribution in [0, 0.1) is 0 Å². The second kappa shape index (κ2) is 4.98. The van der Waals surface area contributed by atoms with E-state index in [0.29, 0.717) is 6.61 Å². The van der Waals surface area contributed by atoms with Gasteiger partial charge in [0, 0.05) is 6.42 Å². The summed E-state index contributed by atoms with van der Waals surface area (Å²) in [5.41, 5.74) is 9.42. The molecule has 1 atom stereocenters. The first kappa shape index (κ1) is 12.7. The molecule has 3 rings (SSSR count). The Morgan fingerprint density at radius 1 is 1.20 bits per heavy atom. The molecule has 0 fully saturated rings. The number of rotatable bonds is 3. The zero-order chi connectivity index (χ0) is 14.1. The maximum absolute atomic E-state index is 11.0. The summed E-state index contributed by atoms with van der Waals surface area (Å²) < 4.78 is 5.47. The van der Waals surface area contributed by atoms with Crippen molar-refractivity contribution in [2.24, 2.45) is 5.73 Å². The Bertz CT molecular complexity index is 667. The van der Waals surface area contributed by atoms with Gasteiger partial charge in [-0.25, -0.2) is 4.79 Å². The summed E-state index contributed by atoms with van der Waals surface area (Å²) >= 11 is 0. The van der Waals surface area contributed by atoms with E-state index in [9.17, 15) is 4.79 Å². The highest BCUT2D eigenvalue weighted by atomic mass is 16.5. The molecule has 1 heterocycles. The molecule has 2 aromatic rings. The lowest BCUT2D eigenvalue weighted by Crippen LogP contribution is -2.13. The second-order valence-corrected chi connectivity index (χ2v) is 4.87. The van der Waals surface area contributed by atoms with Crippen molar-refractivity contribution < 1.29 is 14.6 Å². The number of aromatic carboxylic acids is 1. The highest BCUT2D eigenvalue weighted by Crippen LogP contribution is 2.29. The molecule has 0 saturated carbocycles. The minimum absolute atomic E-state index is 0.252. The molecular weight excluding hydrogens is 254 g/mol. The molecule has 0 aromatic heterocycles. The summed E-state index contributed by atoms with van der Waals surface area (Å²) in [6.07, 6.45) is 0.894. The van der Waals surface area contributed by atoms with Crippen molar-refractivity contribution in [3.8, 4) is 5.75 Å². The molecule has 0 aliphatic carbocycles. The third kappa shape index (κ3) is 2.26. The molecule has 3 N–H and O–H groups in total. The Morgan fingerprint density at radius 3 is 2.80 bits per heavy atom. The Labute approximate surface area is 116 Å². The van der Waals surface area contributed by atoms with Gasteiger partial charge in [-0.05, 0) is 34.9 Å². The average molecular weight is 269 g/mol. The molecule has 1 aliphatic rings. The zero-order valence-corrected chi connectivity index (χ0v) is 10.9. The number of ether oxygens (including phenoxy) is 1. The van der Waals surface area contributed by atoms with Crippen LogP contribution in [0.2, 0.25) is 0 Å². The number of carboxylic acid groups (broad SMARTS) is 1. The number of carbonyl (C=O) groups is 1. The number of hydrogen-bond donors (Lipinski definition) is 2. The van der Waals surface area contributed by atoms with E-state index in [2.05, 4.69) is 0 Å². The Balaban J connectivity index is 1.94. The molecule has 1 unspecified atom stereocenters. The molecule has 0 amide bonds. The van der Waals surface area contributed by atoms with Gasteiger partial charge in [0.1, 0.15) is 5.75 Å². The molecule has 4 nitrogen and oxygen atoms in total. The molecule has 4 heteroatoms. The molecule has 0 bridgehead atoms. The lowest BCUT2D eigenvalue weighted by molar-refractivity contribution is 0.0696. The summed E-state index contributed by atoms with van der Waals surface area (Å²) in [5, 5.41) is 9.03. The van der Waals surface area contributed by atoms with Gasteiger partial charge in [-0.15, -0.1) is 0 Å². The van der Waals surface area contributed by atoms with Crippen molar-refractivity contribution in [1.82, 2.24) is 0 Å². The van der Waals surface area contributed by atoms with Crippen LogP contribution in [0.4, 0.5) is 0 Å². The van der Waals surface area contributed by atoms with Crippen molar-refractivity contribution in [2.45, 2.75) is 12.5 Å². The maximum Gasteiger partial charge on any atom is 0.335 e. The number of hydrogen-bond acceptors (Lipinski definition) is 3. The van der Waals surface area contributed by atoms with Crippen LogP contribution < -0.4 is 10.5 Å². The predicted molar refractivity (Wildman–Crippen MR) is 75.1 cm³/mol. The van der Waals surface area contributed by atoms with Crippen LogP contribution in [-0.2, 0) is 6.42 Å². The summed E-state index contributed by atoms with van der Waals surface area (Å²) in [6, 6.07) is 12.3. The van der Waals surface area contributed by atoms with Gasteiger partial charge in [-0.1, -0.05) is 24.3 Å². The largest absolute Gasteiger partial charge is 0.493 e. The normalized spacial score (nSPS) is 14.4. The molecule has 0 radical (unpaired) electrons. The summed E-state index contributed by atoms with van der Waals surface area (Å²) in [7, 11) is 0. The first-order valence-corrected chi connectivity index (χ1v) is 6.49. The fourth-order valence-electron chi connectivity index (χ4n) is 2.46. The monoisotopic (exact) mass is 269 g/mol. The number of nitrogens with two attached hydrogens (primary N) is 1. The van der Waals surface area contributed by atoms with Gasteiger partial charge in [0.15, 0.2) is 0 Å². The van der Waals surface area contributed by atoms with E-state index in [1.165, 1.54) is 0 Å². The number of carboxylic acids is 1. The topological polar surface area (TPSA) is 72.6 Å². The minimum atomic E-state index is -0.943. The van der Waals surface area contributed by atoms with E-state index in [1.54, 1.807) is 18.2 Å². The molecule has 102 valence electrons. The Kier molecular flexibility index (Phi) is 3.16. The quantitative estimate of drug-likeness (QED) is 0.897. The van der Waals surface area contributed by atoms with Gasteiger partial charge >= 0.3 is 5.97 Å². The molecule has 1 aliphatic heterocycles. The first-order chi connectivity index (χ1) is 9.65. The van der Waals surface area contributed by atoms with Gasteiger partial charge in [0.25, 0.3) is 0 Å². The van der Waals surface area contributed by atoms with E-state index in [1.807, 2.05) is 24.3 Å². The lowest BCUT2D eigenvalue weighted by Gasteiger charge is -2.14. The highest BCUT2D eigenvalue weighted by molar-refractivity contribution is 5.87. The van der Waals surface area contributed by atoms with E-state index in [-0.39, 0.29) is 11.6 Å². The fourth-order valence-corrected chi connectivity index (χ4v) is 2.46. The van der Waals surface area contributed by atoms with Crippen LogP contribution in [0.3, 0.4) is 0 Å². The highest BCUT2D eigenvalue weighted by Gasteiger charge is 2.16. The van der Waals surface area contributed by atoms with E-state index < -0.39 is 5.97 Å². The van der Waals surface area contributed by atoms with Gasteiger partial charge in [0.05, 0.1) is 18.2 Å². The maximum atomic E-state index is 11.0. The van der Waals surface area contributed by atoms with Gasteiger partial charge < -0.3 is 15.6 Å². The van der Waals surface area contributed by atoms with E-state index >= 15 is 0 Å². The second-order valence-electron chi connectivity index (χ2n) is 4.87. The summed E-state index contributed by atoms with van der Waals surface area (Å²) in [5.74, 6) is -0.0263. The third-order valence-corrected chi connectivity index (χ3v) is 3.57. The molecule has 0 spiro atoms. The molecule has 0 saturated heterocycles. The van der Waals surface area contributed by atoms with Crippen LogP contribution >= 0.6 is 0 Å². The van der Waals surface area contributed by atoms with Crippen molar-refractivity contribution in [1.29, 1.82) is 0 Å². The summed E-state index contributed by atoms with van der Waals surface area (Å²) in [6.45, 7) is 0.711. The van der Waals surface area contributed by atoms with Crippen LogP contribution in [0.1, 0.15) is 33.1 Å². The van der Waals surface area contributed by atoms with Gasteiger partial charge in [-0.2, -0.15) is 0 Å². The number of fused-ring (bicyclic) bond motifs is 1. The molecular formula is C16H15NO3. The van der Waals surface area contributed by atoms with Crippen LogP contribution in [0.25, 0.3) is 0 Å². The van der Waals surface area contributed by atoms with Crippen molar-refractivity contribution >= 4 is 5.97 Å². The average Bonchev–Trinajstić information content (AvgIpc) is 2.94. The minimum Gasteiger partial charge on any atom is -0.493 e. The predicted octanol–water partition coefficient (Wildman–Crippen LogP) is 2.37. The van der Waals surface area contributed by atoms with Crippen LogP contribution in [0.5, 0.6) is 5.75 Å². The van der Waals surface area contributed by atoms with Crippen molar-refractivity contribution in [2.75, 3.05) is 6.61 Å². The zero-order valence-electron chi connectivity index (χ0n) is 10.9.